The topological polar surface area (TPSA) is 77.1 Å². The third-order valence-corrected chi connectivity index (χ3v) is 6.82. The van der Waals surface area contributed by atoms with Crippen molar-refractivity contribution in [2.24, 2.45) is 0 Å². The Morgan fingerprint density at radius 3 is 2.62 bits per heavy atom. The lowest BCUT2D eigenvalue weighted by Crippen LogP contribution is -2.43. The number of hydrogen-bond acceptors (Lipinski definition) is 5. The molecule has 200 valence electrons. The number of rotatable bonds is 4. The minimum absolute atomic E-state index is 0.120. The van der Waals surface area contributed by atoms with E-state index in [1.807, 2.05) is 25.1 Å². The van der Waals surface area contributed by atoms with Crippen LogP contribution in [0.4, 0.5) is 18.9 Å². The molecule has 3 heterocycles. The maximum Gasteiger partial charge on any atom is 0.418 e. The van der Waals surface area contributed by atoms with E-state index < -0.39 is 11.7 Å². The molecular formula is C29H27F3N6O. The van der Waals surface area contributed by atoms with Crippen LogP contribution >= 0.6 is 0 Å². The van der Waals surface area contributed by atoms with Crippen molar-refractivity contribution in [2.45, 2.75) is 19.6 Å². The van der Waals surface area contributed by atoms with Gasteiger partial charge < -0.3 is 10.2 Å². The van der Waals surface area contributed by atoms with Crippen LogP contribution in [0, 0.1) is 18.8 Å². The molecule has 2 aromatic carbocycles. The first kappa shape index (κ1) is 26.4. The van der Waals surface area contributed by atoms with Crippen molar-refractivity contribution >= 4 is 22.5 Å². The van der Waals surface area contributed by atoms with Crippen LogP contribution in [0.2, 0.25) is 0 Å². The fraction of sp³-hybridized carbons (Fsp3) is 0.276. The quantitative estimate of drug-likeness (QED) is 0.373. The van der Waals surface area contributed by atoms with E-state index in [4.69, 9.17) is 0 Å². The monoisotopic (exact) mass is 532 g/mol. The van der Waals surface area contributed by atoms with E-state index in [1.54, 1.807) is 6.07 Å². The summed E-state index contributed by atoms with van der Waals surface area (Å²) in [7, 11) is 2.13. The zero-order chi connectivity index (χ0) is 27.6. The number of halogens is 3. The summed E-state index contributed by atoms with van der Waals surface area (Å²) in [5, 5.41) is 9.56. The number of likely N-dealkylation sites (N-methyl/N-ethyl adjacent to an activating group) is 1. The van der Waals surface area contributed by atoms with Gasteiger partial charge in [0.15, 0.2) is 0 Å². The molecule has 4 aromatic rings. The fourth-order valence-corrected chi connectivity index (χ4v) is 4.54. The molecule has 2 N–H and O–H groups in total. The zero-order valence-corrected chi connectivity index (χ0v) is 21.6. The van der Waals surface area contributed by atoms with Gasteiger partial charge in [-0.3, -0.25) is 19.8 Å². The molecular weight excluding hydrogens is 505 g/mol. The minimum Gasteiger partial charge on any atom is -0.322 e. The van der Waals surface area contributed by atoms with Gasteiger partial charge in [-0.25, -0.2) is 0 Å². The first-order chi connectivity index (χ1) is 18.7. The van der Waals surface area contributed by atoms with Crippen LogP contribution in [0.3, 0.4) is 0 Å². The number of pyridine rings is 1. The highest BCUT2D eigenvalue weighted by Crippen LogP contribution is 2.34. The molecule has 0 unspecified atom stereocenters. The summed E-state index contributed by atoms with van der Waals surface area (Å²) in [4.78, 5) is 21.8. The Kier molecular flexibility index (Phi) is 7.37. The number of benzene rings is 2. The lowest BCUT2D eigenvalue weighted by atomic mass is 10.1. The zero-order valence-electron chi connectivity index (χ0n) is 21.6. The van der Waals surface area contributed by atoms with Gasteiger partial charge in [-0.1, -0.05) is 18.1 Å². The Morgan fingerprint density at radius 2 is 1.87 bits per heavy atom. The second-order valence-corrected chi connectivity index (χ2v) is 9.69. The lowest BCUT2D eigenvalue weighted by Gasteiger charge is -2.32. The number of fused-ring (bicyclic) bond motifs is 1. The Hall–Kier alpha value is -4.20. The van der Waals surface area contributed by atoms with Crippen LogP contribution in [0.1, 0.15) is 38.3 Å². The SMILES string of the molecule is Cc1cc(NC(=O)c2cncc(C#Cc3n[nH]c4c(C(F)(F)F)cccc34)c2)ccc1CN1CCN(C)CC1. The molecule has 1 amide bonds. The Bertz CT molecular complexity index is 1580. The van der Waals surface area contributed by atoms with E-state index in [1.165, 1.54) is 30.1 Å². The van der Waals surface area contributed by atoms with E-state index in [-0.39, 0.29) is 22.5 Å². The molecule has 0 radical (unpaired) electrons. The van der Waals surface area contributed by atoms with E-state index >= 15 is 0 Å². The molecule has 1 aliphatic rings. The molecule has 2 aromatic heterocycles. The van der Waals surface area contributed by atoms with E-state index in [0.29, 0.717) is 16.8 Å². The van der Waals surface area contributed by atoms with Crippen molar-refractivity contribution in [2.75, 3.05) is 38.5 Å². The number of aryl methyl sites for hydroxylation is 1. The van der Waals surface area contributed by atoms with Crippen LogP contribution in [0.15, 0.2) is 54.9 Å². The van der Waals surface area contributed by atoms with E-state index in [9.17, 15) is 18.0 Å². The third-order valence-electron chi connectivity index (χ3n) is 6.82. The summed E-state index contributed by atoms with van der Waals surface area (Å²) in [5.74, 6) is 5.30. The Balaban J connectivity index is 1.28. The van der Waals surface area contributed by atoms with E-state index in [0.717, 1.165) is 44.4 Å². The Labute approximate surface area is 224 Å². The number of amides is 1. The van der Waals surface area contributed by atoms with Crippen LogP contribution in [-0.2, 0) is 12.7 Å². The number of carbonyl (C=O) groups excluding carboxylic acids is 1. The van der Waals surface area contributed by atoms with Gasteiger partial charge in [0, 0.05) is 61.8 Å². The van der Waals surface area contributed by atoms with Gasteiger partial charge in [0.2, 0.25) is 0 Å². The highest BCUT2D eigenvalue weighted by Gasteiger charge is 2.33. The molecule has 0 bridgehead atoms. The average molecular weight is 533 g/mol. The van der Waals surface area contributed by atoms with Gasteiger partial charge in [0.05, 0.1) is 16.6 Å². The number of para-hydroxylation sites is 1. The number of aromatic nitrogens is 3. The van der Waals surface area contributed by atoms with Gasteiger partial charge in [-0.05, 0) is 61.4 Å². The van der Waals surface area contributed by atoms with Crippen LogP contribution in [-0.4, -0.2) is 64.1 Å². The number of aromatic amines is 1. The molecule has 0 aliphatic carbocycles. The third kappa shape index (κ3) is 6.11. The maximum absolute atomic E-state index is 13.3. The number of piperazine rings is 1. The van der Waals surface area contributed by atoms with Crippen molar-refractivity contribution < 1.29 is 18.0 Å². The summed E-state index contributed by atoms with van der Waals surface area (Å²) >= 11 is 0. The predicted octanol–water partition coefficient (Wildman–Crippen LogP) is 4.68. The highest BCUT2D eigenvalue weighted by atomic mass is 19.4. The molecule has 10 heteroatoms. The van der Waals surface area contributed by atoms with Gasteiger partial charge in [-0.2, -0.15) is 18.3 Å². The second-order valence-electron chi connectivity index (χ2n) is 9.69. The number of H-pyrrole nitrogens is 1. The highest BCUT2D eigenvalue weighted by molar-refractivity contribution is 6.04. The molecule has 0 spiro atoms. The van der Waals surface area contributed by atoms with Crippen molar-refractivity contribution in [3.8, 4) is 11.8 Å². The van der Waals surface area contributed by atoms with E-state index in [2.05, 4.69) is 49.2 Å². The summed E-state index contributed by atoms with van der Waals surface area (Å²) in [6.07, 6.45) is -1.59. The van der Waals surface area contributed by atoms with Crippen LogP contribution in [0.25, 0.3) is 10.9 Å². The lowest BCUT2D eigenvalue weighted by molar-refractivity contribution is -0.136. The van der Waals surface area contributed by atoms with Gasteiger partial charge >= 0.3 is 6.18 Å². The summed E-state index contributed by atoms with van der Waals surface area (Å²) < 4.78 is 39.8. The molecule has 1 saturated heterocycles. The maximum atomic E-state index is 13.3. The van der Waals surface area contributed by atoms with Crippen molar-refractivity contribution in [3.05, 3.63) is 88.4 Å². The molecule has 7 nitrogen and oxygen atoms in total. The number of alkyl halides is 3. The first-order valence-corrected chi connectivity index (χ1v) is 12.5. The number of hydrogen-bond donors (Lipinski definition) is 2. The molecule has 1 aliphatic heterocycles. The number of nitrogens with zero attached hydrogens (tertiary/aromatic N) is 4. The number of nitrogens with one attached hydrogen (secondary N) is 2. The van der Waals surface area contributed by atoms with Gasteiger partial charge in [0.25, 0.3) is 5.91 Å². The van der Waals surface area contributed by atoms with Crippen molar-refractivity contribution in [1.82, 2.24) is 25.0 Å². The molecule has 0 atom stereocenters. The first-order valence-electron chi connectivity index (χ1n) is 12.5. The minimum atomic E-state index is -4.51. The van der Waals surface area contributed by atoms with Gasteiger partial charge in [-0.15, -0.1) is 0 Å². The standard InChI is InChI=1S/C29H27F3N6O/c1-19-14-23(8-7-21(19)18-38-12-10-37(2)11-13-38)34-28(39)22-15-20(16-33-17-22)6-9-26-24-4-3-5-25(29(30,31)32)27(24)36-35-26/h3-5,7-8,14-17H,10-13,18H2,1-2H3,(H,34,39)(H,35,36). The average Bonchev–Trinajstić information content (AvgIpc) is 3.33. The fourth-order valence-electron chi connectivity index (χ4n) is 4.54. The summed E-state index contributed by atoms with van der Waals surface area (Å²) in [6, 6.07) is 11.3. The second kappa shape index (κ2) is 10.9. The van der Waals surface area contributed by atoms with Crippen molar-refractivity contribution in [3.63, 3.8) is 0 Å². The Morgan fingerprint density at radius 1 is 1.08 bits per heavy atom. The number of anilines is 1. The predicted molar refractivity (Wildman–Crippen MR) is 143 cm³/mol. The van der Waals surface area contributed by atoms with Crippen LogP contribution in [0.5, 0.6) is 0 Å². The summed E-state index contributed by atoms with van der Waals surface area (Å²) in [6.45, 7) is 7.09. The summed E-state index contributed by atoms with van der Waals surface area (Å²) in [5.41, 5.74) is 3.01. The van der Waals surface area contributed by atoms with Crippen molar-refractivity contribution in [1.29, 1.82) is 0 Å². The van der Waals surface area contributed by atoms with Gasteiger partial charge in [0.1, 0.15) is 5.69 Å². The molecule has 39 heavy (non-hydrogen) atoms. The molecule has 1 fully saturated rings. The normalized spacial score (nSPS) is 14.7. The molecule has 0 saturated carbocycles. The number of carbonyl (C=O) groups is 1. The molecule has 5 rings (SSSR count). The largest absolute Gasteiger partial charge is 0.418 e. The smallest absolute Gasteiger partial charge is 0.322 e. The van der Waals surface area contributed by atoms with Crippen LogP contribution < -0.4 is 5.32 Å².